The van der Waals surface area contributed by atoms with Gasteiger partial charge in [-0.15, -0.1) is 0 Å². The van der Waals surface area contributed by atoms with E-state index in [1.165, 1.54) is 6.42 Å². The number of thiocarbonyl (C=S) groups is 1. The second-order valence-electron chi connectivity index (χ2n) is 5.03. The molecule has 1 aromatic rings. The van der Waals surface area contributed by atoms with E-state index in [1.807, 2.05) is 19.9 Å². The Morgan fingerprint density at radius 2 is 2.05 bits per heavy atom. The molecule has 1 rings (SSSR count). The zero-order chi connectivity index (χ0) is 15.1. The largest absolute Gasteiger partial charge is 0.389 e. The van der Waals surface area contributed by atoms with Crippen LogP contribution in [0.5, 0.6) is 0 Å². The Kier molecular flexibility index (Phi) is 6.88. The molecule has 0 atom stereocenters. The number of hydrogen-bond donors (Lipinski definition) is 2. The van der Waals surface area contributed by atoms with Gasteiger partial charge in [-0.2, -0.15) is 0 Å². The lowest BCUT2D eigenvalue weighted by Crippen LogP contribution is -2.30. The summed E-state index contributed by atoms with van der Waals surface area (Å²) >= 11 is 5.13. The van der Waals surface area contributed by atoms with Crippen molar-refractivity contribution in [3.8, 4) is 0 Å². The van der Waals surface area contributed by atoms with Gasteiger partial charge >= 0.3 is 0 Å². The molecule has 0 amide bonds. The highest BCUT2D eigenvalue weighted by Crippen LogP contribution is 2.18. The van der Waals surface area contributed by atoms with Gasteiger partial charge in [0.05, 0.1) is 5.56 Å². The van der Waals surface area contributed by atoms with Crippen LogP contribution in [0.25, 0.3) is 0 Å². The fourth-order valence-electron chi connectivity index (χ4n) is 2.35. The van der Waals surface area contributed by atoms with Gasteiger partial charge in [0.1, 0.15) is 10.8 Å². The maximum atomic E-state index is 5.81. The number of nitrogens with one attached hydrogen (secondary N) is 1. The number of anilines is 1. The molecule has 0 spiro atoms. The fraction of sp³-hybridized carbons (Fsp3) is 0.600. The van der Waals surface area contributed by atoms with E-state index in [2.05, 4.69) is 29.0 Å². The van der Waals surface area contributed by atoms with Crippen LogP contribution in [0.15, 0.2) is 6.07 Å². The van der Waals surface area contributed by atoms with Gasteiger partial charge in [0.15, 0.2) is 0 Å². The smallest absolute Gasteiger partial charge is 0.136 e. The lowest BCUT2D eigenvalue weighted by atomic mass is 10.1. The molecule has 0 aliphatic rings. The summed E-state index contributed by atoms with van der Waals surface area (Å²) in [6.07, 6.45) is 1.17. The topological polar surface area (TPSA) is 54.2 Å². The Labute approximate surface area is 127 Å². The Morgan fingerprint density at radius 3 is 2.60 bits per heavy atom. The molecule has 0 aliphatic heterocycles. The normalized spacial score (nSPS) is 10.8. The molecule has 5 heteroatoms. The lowest BCUT2D eigenvalue weighted by molar-refractivity contribution is 0.300. The summed E-state index contributed by atoms with van der Waals surface area (Å²) in [5.74, 6) is 0.808. The highest BCUT2D eigenvalue weighted by atomic mass is 32.1. The number of likely N-dealkylation sites (N-methyl/N-ethyl adjacent to an activating group) is 1. The number of nitrogens with zero attached hydrogens (tertiary/aromatic N) is 2. The Balaban J connectivity index is 2.74. The van der Waals surface area contributed by atoms with Crippen LogP contribution in [0.3, 0.4) is 0 Å². The third-order valence-corrected chi connectivity index (χ3v) is 3.50. The van der Waals surface area contributed by atoms with Crippen molar-refractivity contribution in [2.24, 2.45) is 5.73 Å². The van der Waals surface area contributed by atoms with Crippen LogP contribution in [0.4, 0.5) is 5.82 Å². The van der Waals surface area contributed by atoms with E-state index in [9.17, 15) is 0 Å². The molecule has 112 valence electrons. The Bertz CT molecular complexity index is 459. The summed E-state index contributed by atoms with van der Waals surface area (Å²) in [6, 6.07) is 2.01. The quantitative estimate of drug-likeness (QED) is 0.721. The van der Waals surface area contributed by atoms with Crippen molar-refractivity contribution in [2.75, 3.05) is 31.5 Å². The predicted octanol–water partition coefficient (Wildman–Crippen LogP) is 2.48. The zero-order valence-corrected chi connectivity index (χ0v) is 13.8. The summed E-state index contributed by atoms with van der Waals surface area (Å²) in [7, 11) is 0. The van der Waals surface area contributed by atoms with Gasteiger partial charge in [0.2, 0.25) is 0 Å². The Hall–Kier alpha value is -1.20. The van der Waals surface area contributed by atoms with Gasteiger partial charge in [0.25, 0.3) is 0 Å². The van der Waals surface area contributed by atoms with Crippen molar-refractivity contribution < 1.29 is 0 Å². The first-order chi connectivity index (χ1) is 9.49. The number of pyridine rings is 1. The SMILES string of the molecule is CCCN(CC)CCNc1nc(C)cc(C)c1C(N)=S. The maximum absolute atomic E-state index is 5.81. The highest BCUT2D eigenvalue weighted by Gasteiger charge is 2.11. The van der Waals surface area contributed by atoms with Gasteiger partial charge < -0.3 is 16.0 Å². The van der Waals surface area contributed by atoms with Gasteiger partial charge in [-0.05, 0) is 45.0 Å². The van der Waals surface area contributed by atoms with E-state index < -0.39 is 0 Å². The molecule has 0 aliphatic carbocycles. The first-order valence-electron chi connectivity index (χ1n) is 7.23. The second kappa shape index (κ2) is 8.17. The van der Waals surface area contributed by atoms with Gasteiger partial charge in [-0.1, -0.05) is 26.1 Å². The minimum absolute atomic E-state index is 0.401. The van der Waals surface area contributed by atoms with E-state index in [1.54, 1.807) is 0 Å². The Morgan fingerprint density at radius 1 is 1.35 bits per heavy atom. The first kappa shape index (κ1) is 16.9. The third-order valence-electron chi connectivity index (χ3n) is 3.30. The van der Waals surface area contributed by atoms with E-state index in [0.29, 0.717) is 4.99 Å². The van der Waals surface area contributed by atoms with Crippen molar-refractivity contribution in [3.05, 3.63) is 22.9 Å². The van der Waals surface area contributed by atoms with Crippen LogP contribution < -0.4 is 11.1 Å². The minimum atomic E-state index is 0.401. The molecule has 0 saturated heterocycles. The molecular formula is C15H26N4S. The van der Waals surface area contributed by atoms with Gasteiger partial charge in [-0.3, -0.25) is 0 Å². The van der Waals surface area contributed by atoms with Crippen molar-refractivity contribution in [2.45, 2.75) is 34.1 Å². The third kappa shape index (κ3) is 4.72. The summed E-state index contributed by atoms with van der Waals surface area (Å²) in [6.45, 7) is 12.4. The van der Waals surface area contributed by atoms with Crippen LogP contribution in [-0.2, 0) is 0 Å². The van der Waals surface area contributed by atoms with Crippen LogP contribution in [0.2, 0.25) is 0 Å². The molecule has 20 heavy (non-hydrogen) atoms. The molecule has 0 bridgehead atoms. The summed E-state index contributed by atoms with van der Waals surface area (Å²) in [5, 5.41) is 3.38. The van der Waals surface area contributed by atoms with Crippen LogP contribution in [0.1, 0.15) is 37.1 Å². The number of aryl methyl sites for hydroxylation is 2. The van der Waals surface area contributed by atoms with E-state index in [0.717, 1.165) is 48.8 Å². The molecule has 0 aromatic carbocycles. The summed E-state index contributed by atoms with van der Waals surface area (Å²) < 4.78 is 0. The highest BCUT2D eigenvalue weighted by molar-refractivity contribution is 7.80. The lowest BCUT2D eigenvalue weighted by Gasteiger charge is -2.20. The van der Waals surface area contributed by atoms with Gasteiger partial charge in [0, 0.05) is 18.8 Å². The predicted molar refractivity (Wildman–Crippen MR) is 90.5 cm³/mol. The van der Waals surface area contributed by atoms with Gasteiger partial charge in [-0.25, -0.2) is 4.98 Å². The molecule has 3 N–H and O–H groups in total. The van der Waals surface area contributed by atoms with Crippen molar-refractivity contribution in [1.29, 1.82) is 0 Å². The summed E-state index contributed by atoms with van der Waals surface area (Å²) in [4.78, 5) is 7.34. The number of nitrogens with two attached hydrogens (primary N) is 1. The minimum Gasteiger partial charge on any atom is -0.389 e. The monoisotopic (exact) mass is 294 g/mol. The molecular weight excluding hydrogens is 268 g/mol. The van der Waals surface area contributed by atoms with Crippen molar-refractivity contribution in [3.63, 3.8) is 0 Å². The molecule has 1 heterocycles. The van der Waals surface area contributed by atoms with E-state index >= 15 is 0 Å². The summed E-state index contributed by atoms with van der Waals surface area (Å²) in [5.41, 5.74) is 8.73. The van der Waals surface area contributed by atoms with Crippen molar-refractivity contribution >= 4 is 23.0 Å². The maximum Gasteiger partial charge on any atom is 0.136 e. The average molecular weight is 294 g/mol. The average Bonchev–Trinajstić information content (AvgIpc) is 2.36. The molecule has 0 unspecified atom stereocenters. The fourth-order valence-corrected chi connectivity index (χ4v) is 2.61. The number of aromatic nitrogens is 1. The molecule has 1 aromatic heterocycles. The first-order valence-corrected chi connectivity index (χ1v) is 7.64. The van der Waals surface area contributed by atoms with E-state index in [4.69, 9.17) is 18.0 Å². The molecule has 4 nitrogen and oxygen atoms in total. The van der Waals surface area contributed by atoms with Crippen LogP contribution >= 0.6 is 12.2 Å². The zero-order valence-electron chi connectivity index (χ0n) is 13.0. The van der Waals surface area contributed by atoms with Crippen LogP contribution in [-0.4, -0.2) is 41.1 Å². The molecule has 0 radical (unpaired) electrons. The van der Waals surface area contributed by atoms with Crippen LogP contribution in [0, 0.1) is 13.8 Å². The second-order valence-corrected chi connectivity index (χ2v) is 5.47. The standard InChI is InChI=1S/C15H26N4S/c1-5-8-19(6-2)9-7-17-15-13(14(16)20)11(3)10-12(4)18-15/h10H,5-9H2,1-4H3,(H2,16,20)(H,17,18). The van der Waals surface area contributed by atoms with Crippen molar-refractivity contribution in [1.82, 2.24) is 9.88 Å². The number of rotatable bonds is 8. The van der Waals surface area contributed by atoms with E-state index in [-0.39, 0.29) is 0 Å². The number of hydrogen-bond acceptors (Lipinski definition) is 4. The molecule has 0 saturated carbocycles. The molecule has 0 fully saturated rings.